The van der Waals surface area contributed by atoms with Crippen molar-refractivity contribution in [2.75, 3.05) is 6.61 Å². The number of fused-ring (bicyclic) bond motifs is 2. The molecule has 0 aliphatic heterocycles. The largest absolute Gasteiger partial charge is 0.507 e. The molecule has 3 heteroatoms. The zero-order chi connectivity index (χ0) is 13.4. The summed E-state index contributed by atoms with van der Waals surface area (Å²) in [5.41, 5.74) is 3.62. The Balaban J connectivity index is 2.27. The van der Waals surface area contributed by atoms with Gasteiger partial charge in [0.15, 0.2) is 5.78 Å². The minimum atomic E-state index is 0.133. The van der Waals surface area contributed by atoms with Crippen LogP contribution in [0.1, 0.15) is 59.7 Å². The number of hydrogen-bond acceptors (Lipinski definition) is 3. The van der Waals surface area contributed by atoms with E-state index in [2.05, 4.69) is 0 Å². The fourth-order valence-electron chi connectivity index (χ4n) is 3.40. The molecule has 2 aliphatic rings. The van der Waals surface area contributed by atoms with Crippen LogP contribution in [0.15, 0.2) is 0 Å². The van der Waals surface area contributed by atoms with Gasteiger partial charge in [-0.3, -0.25) is 4.79 Å². The summed E-state index contributed by atoms with van der Waals surface area (Å²) in [6.07, 6.45) is 6.25. The summed E-state index contributed by atoms with van der Waals surface area (Å²) < 4.78 is 5.80. The standard InChI is InChI=1S/C16H20O3/c1-2-19-16-11-7-4-3-6-10(11)15(18)12-8-5-9-13(17)14(12)16/h18H,2-9H2,1H3. The summed E-state index contributed by atoms with van der Waals surface area (Å²) in [4.78, 5) is 12.2. The minimum absolute atomic E-state index is 0.133. The van der Waals surface area contributed by atoms with Crippen LogP contribution >= 0.6 is 0 Å². The van der Waals surface area contributed by atoms with E-state index in [1.54, 1.807) is 0 Å². The van der Waals surface area contributed by atoms with Gasteiger partial charge in [-0.1, -0.05) is 0 Å². The SMILES string of the molecule is CCOc1c2c(c(O)c3c1C(=O)CCC3)CCCC2. The van der Waals surface area contributed by atoms with Gasteiger partial charge in [0, 0.05) is 23.1 Å². The number of phenols is 1. The second kappa shape index (κ2) is 4.87. The van der Waals surface area contributed by atoms with Crippen LogP contribution in [0, 0.1) is 0 Å². The lowest BCUT2D eigenvalue weighted by atomic mass is 9.81. The van der Waals surface area contributed by atoms with Crippen LogP contribution in [0.25, 0.3) is 0 Å². The lowest BCUT2D eigenvalue weighted by Crippen LogP contribution is -2.18. The van der Waals surface area contributed by atoms with Crippen molar-refractivity contribution in [3.63, 3.8) is 0 Å². The molecule has 1 N–H and O–H groups in total. The molecule has 3 nitrogen and oxygen atoms in total. The van der Waals surface area contributed by atoms with Gasteiger partial charge in [0.05, 0.1) is 12.2 Å². The van der Waals surface area contributed by atoms with E-state index in [0.717, 1.165) is 61.0 Å². The first-order chi connectivity index (χ1) is 9.24. The summed E-state index contributed by atoms with van der Waals surface area (Å²) in [7, 11) is 0. The van der Waals surface area contributed by atoms with Gasteiger partial charge in [0.1, 0.15) is 11.5 Å². The van der Waals surface area contributed by atoms with Crippen molar-refractivity contribution in [2.24, 2.45) is 0 Å². The smallest absolute Gasteiger partial charge is 0.167 e. The second-order valence-electron chi connectivity index (χ2n) is 5.41. The van der Waals surface area contributed by atoms with Crippen LogP contribution in [0.2, 0.25) is 0 Å². The molecule has 0 unspecified atom stereocenters. The van der Waals surface area contributed by atoms with Crippen molar-refractivity contribution in [3.05, 3.63) is 22.3 Å². The van der Waals surface area contributed by atoms with Crippen molar-refractivity contribution in [2.45, 2.75) is 51.9 Å². The normalized spacial score (nSPS) is 17.8. The number of aromatic hydroxyl groups is 1. The molecular formula is C16H20O3. The molecule has 19 heavy (non-hydrogen) atoms. The zero-order valence-corrected chi connectivity index (χ0v) is 11.4. The Hall–Kier alpha value is -1.51. The highest BCUT2D eigenvalue weighted by Crippen LogP contribution is 2.44. The van der Waals surface area contributed by atoms with Crippen LogP contribution in [0.4, 0.5) is 0 Å². The highest BCUT2D eigenvalue weighted by atomic mass is 16.5. The summed E-state index contributed by atoms with van der Waals surface area (Å²) in [5.74, 6) is 1.28. The summed E-state index contributed by atoms with van der Waals surface area (Å²) in [5, 5.41) is 10.5. The van der Waals surface area contributed by atoms with E-state index in [4.69, 9.17) is 4.74 Å². The molecule has 3 rings (SSSR count). The predicted octanol–water partition coefficient (Wildman–Crippen LogP) is 3.19. The fourth-order valence-corrected chi connectivity index (χ4v) is 3.40. The topological polar surface area (TPSA) is 46.5 Å². The van der Waals surface area contributed by atoms with Crippen LogP contribution in [-0.2, 0) is 19.3 Å². The van der Waals surface area contributed by atoms with E-state index in [1.165, 1.54) is 0 Å². The third-order valence-electron chi connectivity index (χ3n) is 4.24. The van der Waals surface area contributed by atoms with Crippen molar-refractivity contribution >= 4 is 5.78 Å². The van der Waals surface area contributed by atoms with Crippen LogP contribution in [-0.4, -0.2) is 17.5 Å². The van der Waals surface area contributed by atoms with E-state index in [1.807, 2.05) is 6.92 Å². The fraction of sp³-hybridized carbons (Fsp3) is 0.562. The van der Waals surface area contributed by atoms with Gasteiger partial charge in [-0.2, -0.15) is 0 Å². The molecule has 0 amide bonds. The Bertz CT molecular complexity index is 532. The first-order valence-corrected chi connectivity index (χ1v) is 7.29. The highest BCUT2D eigenvalue weighted by molar-refractivity contribution is 6.02. The molecule has 0 spiro atoms. The molecule has 0 heterocycles. The average molecular weight is 260 g/mol. The van der Waals surface area contributed by atoms with E-state index < -0.39 is 0 Å². The monoisotopic (exact) mass is 260 g/mol. The number of hydrogen-bond donors (Lipinski definition) is 1. The summed E-state index contributed by atoms with van der Waals surface area (Å²) in [6.45, 7) is 2.51. The predicted molar refractivity (Wildman–Crippen MR) is 73.2 cm³/mol. The second-order valence-corrected chi connectivity index (χ2v) is 5.41. The average Bonchev–Trinajstić information content (AvgIpc) is 2.44. The molecule has 0 fully saturated rings. The Morgan fingerprint density at radius 2 is 1.68 bits per heavy atom. The molecule has 2 aliphatic carbocycles. The van der Waals surface area contributed by atoms with Crippen molar-refractivity contribution in [1.82, 2.24) is 0 Å². The highest BCUT2D eigenvalue weighted by Gasteiger charge is 2.31. The number of phenolic OH excluding ortho intramolecular Hbond substituents is 1. The number of ketones is 1. The van der Waals surface area contributed by atoms with Gasteiger partial charge >= 0.3 is 0 Å². The Morgan fingerprint density at radius 1 is 1.00 bits per heavy atom. The number of rotatable bonds is 2. The number of benzene rings is 1. The van der Waals surface area contributed by atoms with Crippen LogP contribution in [0.3, 0.4) is 0 Å². The van der Waals surface area contributed by atoms with E-state index in [0.29, 0.717) is 24.3 Å². The van der Waals surface area contributed by atoms with Gasteiger partial charge in [0.2, 0.25) is 0 Å². The maximum Gasteiger partial charge on any atom is 0.167 e. The molecule has 1 aromatic carbocycles. The van der Waals surface area contributed by atoms with Crippen molar-refractivity contribution in [3.8, 4) is 11.5 Å². The molecule has 0 saturated carbocycles. The van der Waals surface area contributed by atoms with Crippen molar-refractivity contribution < 1.29 is 14.6 Å². The third kappa shape index (κ3) is 1.92. The van der Waals surface area contributed by atoms with Crippen molar-refractivity contribution in [1.29, 1.82) is 0 Å². The lowest BCUT2D eigenvalue weighted by molar-refractivity contribution is 0.0967. The van der Waals surface area contributed by atoms with Crippen LogP contribution < -0.4 is 4.74 Å². The molecule has 1 aromatic rings. The van der Waals surface area contributed by atoms with Gasteiger partial charge in [0.25, 0.3) is 0 Å². The number of Topliss-reactive ketones (excluding diaryl/α,β-unsaturated/α-hetero) is 1. The van der Waals surface area contributed by atoms with E-state index in [-0.39, 0.29) is 5.78 Å². The molecule has 102 valence electrons. The zero-order valence-electron chi connectivity index (χ0n) is 11.4. The van der Waals surface area contributed by atoms with Gasteiger partial charge in [-0.15, -0.1) is 0 Å². The first kappa shape index (κ1) is 12.5. The van der Waals surface area contributed by atoms with Gasteiger partial charge in [-0.25, -0.2) is 0 Å². The van der Waals surface area contributed by atoms with Gasteiger partial charge < -0.3 is 9.84 Å². The first-order valence-electron chi connectivity index (χ1n) is 7.29. The van der Waals surface area contributed by atoms with E-state index >= 15 is 0 Å². The van der Waals surface area contributed by atoms with Gasteiger partial charge in [-0.05, 0) is 45.4 Å². The summed E-state index contributed by atoms with van der Waals surface area (Å²) >= 11 is 0. The number of carbonyl (C=O) groups excluding carboxylic acids is 1. The van der Waals surface area contributed by atoms with Crippen LogP contribution in [0.5, 0.6) is 11.5 Å². The molecule has 0 atom stereocenters. The Kier molecular flexibility index (Phi) is 3.21. The number of carbonyl (C=O) groups is 1. The minimum Gasteiger partial charge on any atom is -0.507 e. The Labute approximate surface area is 113 Å². The third-order valence-corrected chi connectivity index (χ3v) is 4.24. The maximum atomic E-state index is 12.2. The Morgan fingerprint density at radius 3 is 2.42 bits per heavy atom. The molecule has 0 saturated heterocycles. The lowest BCUT2D eigenvalue weighted by Gasteiger charge is -2.27. The molecule has 0 aromatic heterocycles. The molecule has 0 radical (unpaired) electrons. The molecular weight excluding hydrogens is 240 g/mol. The quantitative estimate of drug-likeness (QED) is 0.888. The number of ether oxygens (including phenoxy) is 1. The summed E-state index contributed by atoms with van der Waals surface area (Å²) in [6, 6.07) is 0. The molecule has 0 bridgehead atoms. The maximum absolute atomic E-state index is 12.2. The van der Waals surface area contributed by atoms with E-state index in [9.17, 15) is 9.90 Å².